The molecule has 1 atom stereocenters. The van der Waals surface area contributed by atoms with E-state index in [-0.39, 0.29) is 0 Å². The largest absolute Gasteiger partial charge is 0.481 e. The van der Waals surface area contributed by atoms with Gasteiger partial charge in [-0.2, -0.15) is 0 Å². The molecule has 3 nitrogen and oxygen atoms in total. The van der Waals surface area contributed by atoms with Crippen LogP contribution in [0.25, 0.3) is 0 Å². The minimum atomic E-state index is -0.692. The van der Waals surface area contributed by atoms with Crippen molar-refractivity contribution in [2.45, 2.75) is 24.7 Å². The molecule has 2 N–H and O–H groups in total. The van der Waals surface area contributed by atoms with Crippen molar-refractivity contribution in [1.82, 2.24) is 5.32 Å². The number of rotatable bonds is 2. The van der Waals surface area contributed by atoms with E-state index in [4.69, 9.17) is 0 Å². The van der Waals surface area contributed by atoms with Crippen molar-refractivity contribution in [3.63, 3.8) is 0 Å². The molecule has 1 saturated heterocycles. The topological polar surface area (TPSA) is 49.3 Å². The molecule has 1 aliphatic rings. The molecule has 1 heterocycles. The van der Waals surface area contributed by atoms with Gasteiger partial charge in [0.15, 0.2) is 0 Å². The van der Waals surface area contributed by atoms with Gasteiger partial charge in [0, 0.05) is 0 Å². The molecule has 86 valence electrons. The number of hydrogen-bond donors (Lipinski definition) is 2. The van der Waals surface area contributed by atoms with Crippen molar-refractivity contribution in [1.29, 1.82) is 0 Å². The molecule has 0 aliphatic carbocycles. The molecule has 0 bridgehead atoms. The third-order valence-corrected chi connectivity index (χ3v) is 3.42. The fourth-order valence-electron chi connectivity index (χ4n) is 2.45. The predicted molar refractivity (Wildman–Crippen MR) is 62.5 cm³/mol. The molecule has 1 fully saturated rings. The molecule has 1 aromatic carbocycles. The van der Waals surface area contributed by atoms with Gasteiger partial charge in [-0.1, -0.05) is 30.3 Å². The summed E-state index contributed by atoms with van der Waals surface area (Å²) in [5.41, 5.74) is 0.247. The first kappa shape index (κ1) is 11.1. The summed E-state index contributed by atoms with van der Waals surface area (Å²) in [7, 11) is 0. The van der Waals surface area contributed by atoms with Crippen LogP contribution in [0, 0.1) is 0 Å². The summed E-state index contributed by atoms with van der Waals surface area (Å²) in [6, 6.07) is 9.61. The number of carboxylic acid groups (broad SMARTS) is 1. The average Bonchev–Trinajstić information content (AvgIpc) is 2.56. The van der Waals surface area contributed by atoms with Crippen LogP contribution < -0.4 is 5.32 Å². The highest BCUT2D eigenvalue weighted by Gasteiger charge is 2.40. The average molecular weight is 219 g/mol. The molecule has 1 aromatic rings. The van der Waals surface area contributed by atoms with Crippen LogP contribution in [0.2, 0.25) is 0 Å². The molecular weight excluding hydrogens is 202 g/mol. The van der Waals surface area contributed by atoms with E-state index in [9.17, 15) is 9.90 Å². The maximum Gasteiger partial charge on any atom is 0.314 e. The van der Waals surface area contributed by atoms with Crippen LogP contribution in [0.4, 0.5) is 0 Å². The standard InChI is InChI=1S/C13H17NO2/c15-12(16)13(7-4-9-14-10-8-13)11-5-2-1-3-6-11/h1-3,5-6,14H,4,7-10H2,(H,15,16)/t13-/m0/s1. The molecule has 0 radical (unpaired) electrons. The zero-order chi connectivity index (χ0) is 11.4. The zero-order valence-electron chi connectivity index (χ0n) is 9.28. The lowest BCUT2D eigenvalue weighted by Gasteiger charge is -2.28. The Morgan fingerprint density at radius 3 is 2.62 bits per heavy atom. The number of carbonyl (C=O) groups is 1. The number of nitrogens with one attached hydrogen (secondary N) is 1. The number of aliphatic carboxylic acids is 1. The summed E-state index contributed by atoms with van der Waals surface area (Å²) in [5.74, 6) is -0.692. The maximum atomic E-state index is 11.6. The monoisotopic (exact) mass is 219 g/mol. The molecule has 0 spiro atoms. The van der Waals surface area contributed by atoms with Gasteiger partial charge >= 0.3 is 5.97 Å². The second kappa shape index (κ2) is 4.66. The Balaban J connectivity index is 2.38. The molecule has 3 heteroatoms. The molecular formula is C13H17NO2. The van der Waals surface area contributed by atoms with Gasteiger partial charge in [-0.15, -0.1) is 0 Å². The van der Waals surface area contributed by atoms with Crippen LogP contribution in [0.15, 0.2) is 30.3 Å². The minimum Gasteiger partial charge on any atom is -0.481 e. The van der Waals surface area contributed by atoms with E-state index in [0.29, 0.717) is 6.42 Å². The third kappa shape index (κ3) is 1.95. The SMILES string of the molecule is O=C(O)[C@@]1(c2ccccc2)CCCNCC1. The highest BCUT2D eigenvalue weighted by atomic mass is 16.4. The van der Waals surface area contributed by atoms with E-state index in [1.165, 1.54) is 0 Å². The van der Waals surface area contributed by atoms with Crippen LogP contribution in [-0.4, -0.2) is 24.2 Å². The van der Waals surface area contributed by atoms with Gasteiger partial charge in [0.1, 0.15) is 0 Å². The smallest absolute Gasteiger partial charge is 0.314 e. The second-order valence-corrected chi connectivity index (χ2v) is 4.36. The highest BCUT2D eigenvalue weighted by molar-refractivity contribution is 5.81. The Bertz CT molecular complexity index is 353. The molecule has 0 saturated carbocycles. The van der Waals surface area contributed by atoms with Crippen molar-refractivity contribution in [2.75, 3.05) is 13.1 Å². The number of benzene rings is 1. The molecule has 0 unspecified atom stereocenters. The maximum absolute atomic E-state index is 11.6. The van der Waals surface area contributed by atoms with E-state index in [1.54, 1.807) is 0 Å². The van der Waals surface area contributed by atoms with Crippen LogP contribution in [0.5, 0.6) is 0 Å². The van der Waals surface area contributed by atoms with Crippen molar-refractivity contribution in [3.05, 3.63) is 35.9 Å². The minimum absolute atomic E-state index is 0.673. The summed E-state index contributed by atoms with van der Waals surface area (Å²) < 4.78 is 0. The van der Waals surface area contributed by atoms with Gasteiger partial charge in [0.25, 0.3) is 0 Å². The Morgan fingerprint density at radius 2 is 1.94 bits per heavy atom. The van der Waals surface area contributed by atoms with E-state index in [2.05, 4.69) is 5.32 Å². The summed E-state index contributed by atoms with van der Waals surface area (Å²) in [5, 5.41) is 12.8. The first-order valence-electron chi connectivity index (χ1n) is 5.75. The predicted octanol–water partition coefficient (Wildman–Crippen LogP) is 1.78. The quantitative estimate of drug-likeness (QED) is 0.797. The lowest BCUT2D eigenvalue weighted by atomic mass is 9.74. The van der Waals surface area contributed by atoms with E-state index in [1.807, 2.05) is 30.3 Å². The van der Waals surface area contributed by atoms with Crippen molar-refractivity contribution >= 4 is 5.97 Å². The van der Waals surface area contributed by atoms with E-state index >= 15 is 0 Å². The Labute approximate surface area is 95.5 Å². The van der Waals surface area contributed by atoms with Crippen LogP contribution in [0.1, 0.15) is 24.8 Å². The first-order valence-corrected chi connectivity index (χ1v) is 5.75. The molecule has 1 aliphatic heterocycles. The molecule has 0 amide bonds. The summed E-state index contributed by atoms with van der Waals surface area (Å²) in [6.07, 6.45) is 2.31. The van der Waals surface area contributed by atoms with Crippen LogP contribution >= 0.6 is 0 Å². The van der Waals surface area contributed by atoms with Gasteiger partial charge in [-0.05, 0) is 37.9 Å². The first-order chi connectivity index (χ1) is 7.76. The summed E-state index contributed by atoms with van der Waals surface area (Å²) >= 11 is 0. The Morgan fingerprint density at radius 1 is 1.19 bits per heavy atom. The van der Waals surface area contributed by atoms with Crippen molar-refractivity contribution < 1.29 is 9.90 Å². The van der Waals surface area contributed by atoms with E-state index < -0.39 is 11.4 Å². The fourth-order valence-corrected chi connectivity index (χ4v) is 2.45. The molecule has 0 aromatic heterocycles. The van der Waals surface area contributed by atoms with Gasteiger partial charge in [-0.3, -0.25) is 4.79 Å². The van der Waals surface area contributed by atoms with E-state index in [0.717, 1.165) is 31.5 Å². The molecule has 2 rings (SSSR count). The highest BCUT2D eigenvalue weighted by Crippen LogP contribution is 2.34. The van der Waals surface area contributed by atoms with Crippen LogP contribution in [-0.2, 0) is 10.2 Å². The molecule has 16 heavy (non-hydrogen) atoms. The second-order valence-electron chi connectivity index (χ2n) is 4.36. The lowest BCUT2D eigenvalue weighted by molar-refractivity contribution is -0.144. The number of carboxylic acids is 1. The van der Waals surface area contributed by atoms with Crippen molar-refractivity contribution in [2.24, 2.45) is 0 Å². The number of hydrogen-bond acceptors (Lipinski definition) is 2. The Kier molecular flexibility index (Phi) is 3.25. The summed E-state index contributed by atoms with van der Waals surface area (Å²) in [4.78, 5) is 11.6. The normalized spacial score (nSPS) is 26.0. The fraction of sp³-hybridized carbons (Fsp3) is 0.462. The van der Waals surface area contributed by atoms with Gasteiger partial charge in [0.05, 0.1) is 5.41 Å². The Hall–Kier alpha value is -1.35. The zero-order valence-corrected chi connectivity index (χ0v) is 9.28. The van der Waals surface area contributed by atoms with Gasteiger partial charge in [-0.25, -0.2) is 0 Å². The third-order valence-electron chi connectivity index (χ3n) is 3.42. The van der Waals surface area contributed by atoms with Gasteiger partial charge < -0.3 is 10.4 Å². The van der Waals surface area contributed by atoms with Gasteiger partial charge in [0.2, 0.25) is 0 Å². The van der Waals surface area contributed by atoms with Crippen LogP contribution in [0.3, 0.4) is 0 Å². The van der Waals surface area contributed by atoms with Crippen molar-refractivity contribution in [3.8, 4) is 0 Å². The summed E-state index contributed by atoms with van der Waals surface area (Å²) in [6.45, 7) is 1.70. The lowest BCUT2D eigenvalue weighted by Crippen LogP contribution is -2.36.